The molecule has 0 saturated heterocycles. The fourth-order valence-corrected chi connectivity index (χ4v) is 1.71. The summed E-state index contributed by atoms with van der Waals surface area (Å²) in [5, 5.41) is 2.87. The molecule has 0 spiro atoms. The second-order valence-electron chi connectivity index (χ2n) is 5.71. The van der Waals surface area contributed by atoms with Gasteiger partial charge in [0.1, 0.15) is 5.82 Å². The van der Waals surface area contributed by atoms with Crippen LogP contribution in [0.2, 0.25) is 0 Å². The van der Waals surface area contributed by atoms with Crippen molar-refractivity contribution in [1.82, 2.24) is 5.23 Å². The van der Waals surface area contributed by atoms with Crippen molar-refractivity contribution in [2.45, 2.75) is 33.7 Å². The molecule has 0 unspecified atom stereocenters. The van der Waals surface area contributed by atoms with E-state index in [0.29, 0.717) is 13.0 Å². The molecule has 5 heteroatoms. The van der Waals surface area contributed by atoms with Gasteiger partial charge in [-0.2, -0.15) is 0 Å². The summed E-state index contributed by atoms with van der Waals surface area (Å²) in [6.45, 7) is 6.34. The quantitative estimate of drug-likeness (QED) is 0.487. The van der Waals surface area contributed by atoms with E-state index in [1.165, 1.54) is 20.8 Å². The van der Waals surface area contributed by atoms with Gasteiger partial charge in [-0.3, -0.25) is 4.79 Å². The van der Waals surface area contributed by atoms with E-state index >= 15 is 0 Å². The predicted octanol–water partition coefficient (Wildman–Crippen LogP) is 2.71. The van der Waals surface area contributed by atoms with Crippen molar-refractivity contribution >= 4 is 13.4 Å². The molecule has 3 nitrogen and oxygen atoms in total. The molecule has 0 fully saturated rings. The van der Waals surface area contributed by atoms with E-state index in [2.05, 4.69) is 5.23 Å². The topological polar surface area (TPSA) is 38.3 Å². The smallest absolute Gasteiger partial charge is 0.395 e. The first-order chi connectivity index (χ1) is 8.83. The van der Waals surface area contributed by atoms with E-state index < -0.39 is 5.82 Å². The van der Waals surface area contributed by atoms with Gasteiger partial charge in [0, 0.05) is 20.1 Å². The van der Waals surface area contributed by atoms with Crippen LogP contribution in [0, 0.1) is 11.2 Å². The number of halogens is 1. The van der Waals surface area contributed by atoms with Gasteiger partial charge in [0.2, 0.25) is 0 Å². The van der Waals surface area contributed by atoms with Crippen molar-refractivity contribution in [1.29, 1.82) is 0 Å². The van der Waals surface area contributed by atoms with Crippen LogP contribution in [-0.2, 0) is 11.2 Å². The van der Waals surface area contributed by atoms with Gasteiger partial charge in [-0.15, -0.1) is 0 Å². The number of rotatable bonds is 6. The van der Waals surface area contributed by atoms with E-state index in [1.807, 2.05) is 20.8 Å². The lowest BCUT2D eigenvalue weighted by molar-refractivity contribution is 0.0936. The highest BCUT2D eigenvalue weighted by molar-refractivity contribution is 6.23. The summed E-state index contributed by atoms with van der Waals surface area (Å²) < 4.78 is 18.6. The van der Waals surface area contributed by atoms with Gasteiger partial charge in [0.05, 0.1) is 5.56 Å². The third kappa shape index (κ3) is 5.53. The molecule has 1 aromatic carbocycles. The fourth-order valence-electron chi connectivity index (χ4n) is 1.71. The van der Waals surface area contributed by atoms with Crippen LogP contribution >= 0.6 is 0 Å². The van der Waals surface area contributed by atoms with Crippen LogP contribution in [0.25, 0.3) is 0 Å². The lowest BCUT2D eigenvalue weighted by atomic mass is 9.87. The number of hydrogen-bond acceptors (Lipinski definition) is 3. The number of nitrogens with one attached hydrogen (secondary N) is 1. The second kappa shape index (κ2) is 6.82. The van der Waals surface area contributed by atoms with Crippen molar-refractivity contribution in [2.24, 2.45) is 5.41 Å². The number of hydrogen-bond donors (Lipinski definition) is 1. The summed E-state index contributed by atoms with van der Waals surface area (Å²) in [6, 6.07) is 4.68. The highest BCUT2D eigenvalue weighted by atomic mass is 19.1. The summed E-state index contributed by atoms with van der Waals surface area (Å²) in [5.41, 5.74) is 0.782. The molecule has 0 aromatic heterocycles. The second-order valence-corrected chi connectivity index (χ2v) is 5.71. The summed E-state index contributed by atoms with van der Waals surface area (Å²) >= 11 is 0. The van der Waals surface area contributed by atoms with Gasteiger partial charge < -0.3 is 9.88 Å². The molecular weight excluding hydrogens is 244 g/mol. The molecule has 0 bridgehead atoms. The number of benzene rings is 1. The Balaban J connectivity index is 2.74. The Morgan fingerprint density at radius 3 is 2.63 bits per heavy atom. The fraction of sp³-hybridized carbons (Fsp3) is 0.500. The van der Waals surface area contributed by atoms with E-state index in [4.69, 9.17) is 4.65 Å². The van der Waals surface area contributed by atoms with E-state index in [1.54, 1.807) is 12.1 Å². The van der Waals surface area contributed by atoms with Crippen LogP contribution in [0.1, 0.15) is 43.1 Å². The molecule has 1 rings (SSSR count). The molecule has 0 aliphatic carbocycles. The van der Waals surface area contributed by atoms with Crippen LogP contribution in [0.5, 0.6) is 0 Å². The zero-order valence-corrected chi connectivity index (χ0v) is 11.9. The molecule has 0 atom stereocenters. The van der Waals surface area contributed by atoms with Crippen molar-refractivity contribution in [3.8, 4) is 0 Å². The minimum absolute atomic E-state index is 0.142. The molecule has 1 aromatic rings. The molecule has 103 valence electrons. The Kier molecular flexibility index (Phi) is 5.70. The van der Waals surface area contributed by atoms with Gasteiger partial charge in [-0.25, -0.2) is 4.39 Å². The molecule has 1 N–H and O–H groups in total. The number of ketones is 1. The third-order valence-electron chi connectivity index (χ3n) is 2.53. The van der Waals surface area contributed by atoms with Gasteiger partial charge in [-0.1, -0.05) is 26.8 Å². The SMILES string of the molecule is CO[B]NCc1ccc(C(=O)CC(C)(C)C)c(F)c1. The number of Topliss-reactive ketones (excluding diaryl/α,β-unsaturated/α-hetero) is 1. The maximum atomic E-state index is 13.9. The Morgan fingerprint density at radius 2 is 2.11 bits per heavy atom. The first kappa shape index (κ1) is 15.9. The van der Waals surface area contributed by atoms with E-state index in [0.717, 1.165) is 5.56 Å². The lowest BCUT2D eigenvalue weighted by Crippen LogP contribution is -2.20. The summed E-state index contributed by atoms with van der Waals surface area (Å²) in [7, 11) is 2.96. The van der Waals surface area contributed by atoms with Crippen LogP contribution in [0.3, 0.4) is 0 Å². The zero-order chi connectivity index (χ0) is 14.5. The number of carbonyl (C=O) groups is 1. The Morgan fingerprint density at radius 1 is 1.42 bits per heavy atom. The maximum Gasteiger partial charge on any atom is 0.395 e. The van der Waals surface area contributed by atoms with Gasteiger partial charge in [-0.05, 0) is 23.1 Å². The minimum atomic E-state index is -0.467. The van der Waals surface area contributed by atoms with Crippen molar-refractivity contribution in [3.63, 3.8) is 0 Å². The first-order valence-corrected chi connectivity index (χ1v) is 6.23. The van der Waals surface area contributed by atoms with E-state index in [9.17, 15) is 9.18 Å². The Hall–Kier alpha value is -1.20. The predicted molar refractivity (Wildman–Crippen MR) is 74.4 cm³/mol. The van der Waals surface area contributed by atoms with Crippen LogP contribution in [-0.4, -0.2) is 20.5 Å². The monoisotopic (exact) mass is 264 g/mol. The van der Waals surface area contributed by atoms with Crippen molar-refractivity contribution < 1.29 is 13.8 Å². The normalized spacial score (nSPS) is 11.4. The zero-order valence-electron chi connectivity index (χ0n) is 11.9. The summed E-state index contributed by atoms with van der Waals surface area (Å²) in [6.07, 6.45) is 0.332. The molecule has 0 heterocycles. The molecule has 0 saturated carbocycles. The summed E-state index contributed by atoms with van der Waals surface area (Å²) in [4.78, 5) is 12.0. The van der Waals surface area contributed by atoms with Gasteiger partial charge >= 0.3 is 7.62 Å². The Labute approximate surface area is 114 Å². The molecule has 1 radical (unpaired) electrons. The lowest BCUT2D eigenvalue weighted by Gasteiger charge is -2.17. The van der Waals surface area contributed by atoms with E-state index in [-0.39, 0.29) is 16.8 Å². The maximum absolute atomic E-state index is 13.9. The molecular formula is C14H20BFNO2. The number of carbonyl (C=O) groups excluding carboxylic acids is 1. The van der Waals surface area contributed by atoms with Crippen LogP contribution in [0.15, 0.2) is 18.2 Å². The average molecular weight is 264 g/mol. The van der Waals surface area contributed by atoms with Crippen LogP contribution < -0.4 is 5.23 Å². The van der Waals surface area contributed by atoms with Crippen molar-refractivity contribution in [2.75, 3.05) is 7.11 Å². The highest BCUT2D eigenvalue weighted by Gasteiger charge is 2.19. The first-order valence-electron chi connectivity index (χ1n) is 6.23. The molecule has 0 aliphatic heterocycles. The highest BCUT2D eigenvalue weighted by Crippen LogP contribution is 2.23. The third-order valence-corrected chi connectivity index (χ3v) is 2.53. The molecule has 19 heavy (non-hydrogen) atoms. The van der Waals surface area contributed by atoms with Crippen molar-refractivity contribution in [3.05, 3.63) is 35.1 Å². The molecule has 0 amide bonds. The van der Waals surface area contributed by atoms with Gasteiger partial charge in [0.25, 0.3) is 0 Å². The molecule has 0 aliphatic rings. The average Bonchev–Trinajstić information content (AvgIpc) is 2.27. The largest absolute Gasteiger partial charge is 0.427 e. The van der Waals surface area contributed by atoms with Crippen LogP contribution in [0.4, 0.5) is 4.39 Å². The Bertz CT molecular complexity index is 444. The summed E-state index contributed by atoms with van der Waals surface area (Å²) in [5.74, 6) is -0.626. The van der Waals surface area contributed by atoms with Gasteiger partial charge in [0.15, 0.2) is 5.78 Å². The minimum Gasteiger partial charge on any atom is -0.427 e. The standard InChI is InChI=1S/C14H20BFNO2/c1-14(2,3)8-13(18)11-6-5-10(7-12(11)16)9-17-15-19-4/h5-7,17H,8-9H2,1-4H3.